The highest BCUT2D eigenvalue weighted by atomic mass is 19.4. The maximum atomic E-state index is 12.8. The van der Waals surface area contributed by atoms with Gasteiger partial charge in [0.1, 0.15) is 5.60 Å². The second kappa shape index (κ2) is 5.28. The molecule has 0 aliphatic carbocycles. The minimum Gasteiger partial charge on any atom is -0.445 e. The Kier molecular flexibility index (Phi) is 3.95. The highest BCUT2D eigenvalue weighted by molar-refractivity contribution is 6.73. The number of rotatable bonds is 1. The molecule has 0 spiro atoms. The Morgan fingerprint density at radius 3 is 2.48 bits per heavy atom. The van der Waals surface area contributed by atoms with E-state index in [0.717, 1.165) is 17.7 Å². The first-order valence-electron chi connectivity index (χ1n) is 6.86. The van der Waals surface area contributed by atoms with Crippen LogP contribution < -0.4 is 5.46 Å². The molecular formula is C14H18BF3NO2-. The zero-order chi connectivity index (χ0) is 15.8. The highest BCUT2D eigenvalue weighted by Gasteiger charge is 2.29. The van der Waals surface area contributed by atoms with Gasteiger partial charge < -0.3 is 22.6 Å². The lowest BCUT2D eigenvalue weighted by Gasteiger charge is -2.32. The van der Waals surface area contributed by atoms with Crippen molar-refractivity contribution >= 4 is 18.5 Å². The number of hydrogen-bond donors (Lipinski definition) is 0. The Labute approximate surface area is 122 Å². The molecule has 0 atom stereocenters. The van der Waals surface area contributed by atoms with Crippen LogP contribution in [-0.4, -0.2) is 30.1 Å². The number of fused-ring (bicyclic) bond motifs is 1. The van der Waals surface area contributed by atoms with Crippen LogP contribution >= 0.6 is 0 Å². The molecule has 1 aromatic rings. The summed E-state index contributed by atoms with van der Waals surface area (Å²) in [5, 5.41) is 0. The van der Waals surface area contributed by atoms with Gasteiger partial charge in [0.2, 0.25) is 0 Å². The van der Waals surface area contributed by atoms with Gasteiger partial charge in [-0.1, -0.05) is 18.2 Å². The zero-order valence-corrected chi connectivity index (χ0v) is 12.3. The van der Waals surface area contributed by atoms with Crippen molar-refractivity contribution in [3.05, 3.63) is 29.3 Å². The Balaban J connectivity index is 2.17. The molecule has 1 aliphatic rings. The number of ether oxygens (including phenoxy) is 1. The molecule has 1 amide bonds. The van der Waals surface area contributed by atoms with Gasteiger partial charge in [0.25, 0.3) is 0 Å². The van der Waals surface area contributed by atoms with Crippen molar-refractivity contribution in [2.24, 2.45) is 0 Å². The third-order valence-corrected chi connectivity index (χ3v) is 3.27. The van der Waals surface area contributed by atoms with Crippen molar-refractivity contribution in [1.82, 2.24) is 4.90 Å². The summed E-state index contributed by atoms with van der Waals surface area (Å²) in [6, 6.07) is 3.76. The maximum absolute atomic E-state index is 12.8. The van der Waals surface area contributed by atoms with Gasteiger partial charge in [0, 0.05) is 13.1 Å². The van der Waals surface area contributed by atoms with Crippen molar-refractivity contribution in [3.8, 4) is 0 Å². The molecule has 0 unspecified atom stereocenters. The average Bonchev–Trinajstić information content (AvgIpc) is 2.34. The molecule has 1 heterocycles. The van der Waals surface area contributed by atoms with E-state index in [1.807, 2.05) is 0 Å². The molecule has 7 heteroatoms. The number of halogens is 3. The van der Waals surface area contributed by atoms with E-state index < -0.39 is 24.1 Å². The molecule has 2 rings (SSSR count). The van der Waals surface area contributed by atoms with Crippen LogP contribution in [0.25, 0.3) is 0 Å². The summed E-state index contributed by atoms with van der Waals surface area (Å²) in [7, 11) is 0. The predicted molar refractivity (Wildman–Crippen MR) is 75.5 cm³/mol. The number of amides is 1. The van der Waals surface area contributed by atoms with E-state index in [2.05, 4.69) is 0 Å². The molecular weight excluding hydrogens is 282 g/mol. The second-order valence-electron chi connectivity index (χ2n) is 6.25. The third-order valence-electron chi connectivity index (χ3n) is 3.27. The lowest BCUT2D eigenvalue weighted by atomic mass is 9.78. The van der Waals surface area contributed by atoms with Crippen molar-refractivity contribution < 1.29 is 22.5 Å². The van der Waals surface area contributed by atoms with Gasteiger partial charge in [0.05, 0.1) is 0 Å². The second-order valence-corrected chi connectivity index (χ2v) is 6.25. The van der Waals surface area contributed by atoms with Gasteiger partial charge in [-0.25, -0.2) is 4.79 Å². The highest BCUT2D eigenvalue weighted by Crippen LogP contribution is 2.22. The fourth-order valence-corrected chi connectivity index (χ4v) is 2.26. The van der Waals surface area contributed by atoms with Crippen LogP contribution in [-0.2, 0) is 17.7 Å². The van der Waals surface area contributed by atoms with E-state index in [1.165, 1.54) is 11.0 Å². The first kappa shape index (κ1) is 15.7. The fraction of sp³-hybridized carbons (Fsp3) is 0.500. The summed E-state index contributed by atoms with van der Waals surface area (Å²) < 4.78 is 43.6. The number of carbonyl (C=O) groups is 1. The molecule has 0 saturated carbocycles. The summed E-state index contributed by atoms with van der Waals surface area (Å²) in [6.07, 6.45) is 0.0516. The topological polar surface area (TPSA) is 29.5 Å². The summed E-state index contributed by atoms with van der Waals surface area (Å²) in [5.41, 5.74) is 0.163. The number of nitrogens with zero attached hydrogens (tertiary/aromatic N) is 1. The largest absolute Gasteiger partial charge is 0.509 e. The van der Waals surface area contributed by atoms with Gasteiger partial charge in [0.15, 0.2) is 0 Å². The van der Waals surface area contributed by atoms with Crippen molar-refractivity contribution in [1.29, 1.82) is 0 Å². The summed E-state index contributed by atoms with van der Waals surface area (Å²) in [4.78, 5) is 13.4. The van der Waals surface area contributed by atoms with Crippen LogP contribution in [0.1, 0.15) is 31.9 Å². The lowest BCUT2D eigenvalue weighted by molar-refractivity contribution is 0.0224. The van der Waals surface area contributed by atoms with Gasteiger partial charge in [-0.3, -0.25) is 0 Å². The minimum absolute atomic E-state index is 0.157. The Morgan fingerprint density at radius 2 is 1.90 bits per heavy atom. The molecule has 1 aromatic carbocycles. The van der Waals surface area contributed by atoms with E-state index in [0.29, 0.717) is 18.5 Å². The molecule has 21 heavy (non-hydrogen) atoms. The number of hydrogen-bond acceptors (Lipinski definition) is 2. The SMILES string of the molecule is CC(C)(C)OC(=O)N1CCc2ccc([B-](F)(F)F)cc2C1. The molecule has 0 bridgehead atoms. The molecule has 0 N–H and O–H groups in total. The molecule has 1 aliphatic heterocycles. The quantitative estimate of drug-likeness (QED) is 0.746. The first-order valence-corrected chi connectivity index (χ1v) is 6.86. The van der Waals surface area contributed by atoms with Gasteiger partial charge >= 0.3 is 13.1 Å². The molecule has 3 nitrogen and oxygen atoms in total. The van der Waals surface area contributed by atoms with Crippen molar-refractivity contribution in [3.63, 3.8) is 0 Å². The Morgan fingerprint density at radius 1 is 1.24 bits per heavy atom. The number of carbonyl (C=O) groups excluding carboxylic acids is 1. The smallest absolute Gasteiger partial charge is 0.445 e. The van der Waals surface area contributed by atoms with E-state index in [4.69, 9.17) is 4.74 Å². The van der Waals surface area contributed by atoms with E-state index in [1.54, 1.807) is 20.8 Å². The maximum Gasteiger partial charge on any atom is 0.509 e. The minimum atomic E-state index is -5.02. The van der Waals surface area contributed by atoms with Gasteiger partial charge in [-0.05, 0) is 38.3 Å². The average molecular weight is 300 g/mol. The lowest BCUT2D eigenvalue weighted by Crippen LogP contribution is -2.41. The van der Waals surface area contributed by atoms with Crippen LogP contribution in [0.4, 0.5) is 17.7 Å². The van der Waals surface area contributed by atoms with Crippen LogP contribution in [0.5, 0.6) is 0 Å². The molecule has 0 fully saturated rings. The molecule has 0 aromatic heterocycles. The van der Waals surface area contributed by atoms with Crippen molar-refractivity contribution in [2.45, 2.75) is 39.3 Å². The van der Waals surface area contributed by atoms with E-state index in [-0.39, 0.29) is 6.54 Å². The first-order chi connectivity index (χ1) is 9.56. The van der Waals surface area contributed by atoms with Crippen LogP contribution in [0.3, 0.4) is 0 Å². The van der Waals surface area contributed by atoms with Crippen LogP contribution in [0, 0.1) is 0 Å². The number of benzene rings is 1. The van der Waals surface area contributed by atoms with Gasteiger partial charge in [-0.15, -0.1) is 5.46 Å². The normalized spacial score (nSPS) is 15.6. The van der Waals surface area contributed by atoms with Crippen LogP contribution in [0.2, 0.25) is 0 Å². The summed E-state index contributed by atoms with van der Waals surface area (Å²) >= 11 is 0. The fourth-order valence-electron chi connectivity index (χ4n) is 2.26. The Hall–Kier alpha value is -1.66. The Bertz CT molecular complexity index is 552. The molecule has 0 radical (unpaired) electrons. The van der Waals surface area contributed by atoms with Gasteiger partial charge in [-0.2, -0.15) is 0 Å². The molecule has 116 valence electrons. The van der Waals surface area contributed by atoms with E-state index in [9.17, 15) is 17.7 Å². The molecule has 0 saturated heterocycles. The monoisotopic (exact) mass is 300 g/mol. The standard InChI is InChI=1S/C14H18BF3NO2/c1-14(2,3)21-13(20)19-7-6-10-4-5-12(15(16,17)18)8-11(10)9-19/h4-5,8H,6-7,9H2,1-3H3/q-1. The summed E-state index contributed by atoms with van der Waals surface area (Å²) in [5.74, 6) is 0. The van der Waals surface area contributed by atoms with Crippen molar-refractivity contribution in [2.75, 3.05) is 6.54 Å². The van der Waals surface area contributed by atoms with E-state index >= 15 is 0 Å². The van der Waals surface area contributed by atoms with Crippen LogP contribution in [0.15, 0.2) is 18.2 Å². The third kappa shape index (κ3) is 3.92. The predicted octanol–water partition coefficient (Wildman–Crippen LogP) is 3.03. The zero-order valence-electron chi connectivity index (χ0n) is 12.3. The summed E-state index contributed by atoms with van der Waals surface area (Å²) in [6.45, 7) is 0.864.